The number of aromatic hydroxyl groups is 3. The first kappa shape index (κ1) is 94.6. The van der Waals surface area contributed by atoms with Crippen LogP contribution in [0, 0.1) is 118 Å². The summed E-state index contributed by atoms with van der Waals surface area (Å²) in [7, 11) is 7.90. The van der Waals surface area contributed by atoms with Gasteiger partial charge < -0.3 is 39.0 Å². The summed E-state index contributed by atoms with van der Waals surface area (Å²) in [6.07, 6.45) is -11.3. The number of aromatic nitrogens is 2. The van der Waals surface area contributed by atoms with Crippen molar-refractivity contribution < 1.29 is 79.7 Å². The number of carbonyl (C=O) groups excluding carboxylic acids is 3. The molecule has 0 aliphatic rings. The van der Waals surface area contributed by atoms with E-state index in [1.165, 1.54) is 48.8 Å². The van der Waals surface area contributed by atoms with Crippen LogP contribution in [0.2, 0.25) is 0 Å². The van der Waals surface area contributed by atoms with E-state index in [-0.39, 0.29) is 34.2 Å². The molecule has 0 atom stereocenters. The monoisotopic (exact) mass is 1570 g/mol. The van der Waals surface area contributed by atoms with Gasteiger partial charge in [-0.25, -0.2) is 4.98 Å². The van der Waals surface area contributed by atoms with Crippen molar-refractivity contribution in [3.63, 3.8) is 0 Å². The Morgan fingerprint density at radius 3 is 1.22 bits per heavy atom. The Morgan fingerprint density at radius 2 is 0.763 bits per heavy atom. The van der Waals surface area contributed by atoms with Crippen LogP contribution in [0.15, 0.2) is 182 Å². The van der Waals surface area contributed by atoms with Crippen molar-refractivity contribution in [3.05, 3.63) is 305 Å². The summed E-state index contributed by atoms with van der Waals surface area (Å²) in [5.41, 5.74) is 16.1. The van der Waals surface area contributed by atoms with Gasteiger partial charge in [-0.2, -0.15) is 31.3 Å². The van der Waals surface area contributed by atoms with Gasteiger partial charge in [-0.3, -0.25) is 14.4 Å². The van der Waals surface area contributed by atoms with E-state index < -0.39 is 34.6 Å². The third kappa shape index (κ3) is 26.5. The van der Waals surface area contributed by atoms with E-state index >= 15 is 0 Å². The van der Waals surface area contributed by atoms with Crippen molar-refractivity contribution in [2.45, 2.75) is 156 Å². The quantitative estimate of drug-likeness (QED) is 0.0776. The number of rotatable bonds is 12. The minimum Gasteiger partial charge on any atom is -0.508 e. The van der Waals surface area contributed by atoms with Crippen LogP contribution in [-0.2, 0) is 5.41 Å². The van der Waals surface area contributed by atoms with Gasteiger partial charge in [-0.1, -0.05) is 114 Å². The van der Waals surface area contributed by atoms with Crippen molar-refractivity contribution in [2.75, 3.05) is 35.5 Å². The van der Waals surface area contributed by atoms with Gasteiger partial charge in [0, 0.05) is 28.5 Å². The van der Waals surface area contributed by atoms with Crippen LogP contribution in [0.25, 0.3) is 22.3 Å². The largest absolute Gasteiger partial charge is 0.508 e. The highest BCUT2D eigenvalue weighted by atomic mass is 19.4. The molecule has 0 unspecified atom stereocenters. The molecule has 0 radical (unpaired) electrons. The first-order chi connectivity index (χ1) is 53.3. The van der Waals surface area contributed by atoms with Crippen LogP contribution in [0.5, 0.6) is 46.1 Å². The molecule has 0 fully saturated rings. The Hall–Kier alpha value is -11.7. The molecule has 19 heteroatoms. The summed E-state index contributed by atoms with van der Waals surface area (Å²) in [5, 5.41) is 28.7. The minimum atomic E-state index is -5.67. The molecule has 0 amide bonds. The summed E-state index contributed by atoms with van der Waals surface area (Å²) >= 11 is 0. The molecule has 1 aromatic heterocycles. The summed E-state index contributed by atoms with van der Waals surface area (Å²) in [6.45, 7) is 37.2. The summed E-state index contributed by atoms with van der Waals surface area (Å²) in [6, 6.07) is 51.8. The zero-order valence-electron chi connectivity index (χ0n) is 70.1. The summed E-state index contributed by atoms with van der Waals surface area (Å²) in [4.78, 5) is 41.1. The molecule has 3 N–H and O–H groups in total. The molecule has 114 heavy (non-hydrogen) atoms. The Labute approximate surface area is 668 Å². The Balaban J connectivity index is 0.000000281. The second-order valence-corrected chi connectivity index (χ2v) is 27.9. The Bertz CT molecular complexity index is 5070. The van der Waals surface area contributed by atoms with E-state index in [1.807, 2.05) is 193 Å². The highest BCUT2D eigenvalue weighted by molar-refractivity contribution is 5.96. The number of ether oxygens (including phenoxy) is 5. The smallest absolute Gasteiger partial charge is 0.411 e. The van der Waals surface area contributed by atoms with Gasteiger partial charge in [-0.15, -0.1) is 0 Å². The Kier molecular flexibility index (Phi) is 35.5. The lowest BCUT2D eigenvalue weighted by Gasteiger charge is -2.38. The molecular formula is C95H108F6N2O11. The zero-order chi connectivity index (χ0) is 86.0. The second-order valence-electron chi connectivity index (χ2n) is 27.9. The predicted molar refractivity (Wildman–Crippen MR) is 446 cm³/mol. The number of halogens is 6. The maximum atomic E-state index is 14.0. The standard InChI is InChI=1S/C18H16F6O2.2C15H16O2.C11H14O.2C10H12O.C9H12O.C7H10N2O/c1-10-8-12(4-6-14(10)25)16(17(19,20)21,18(22,23)24)13-5-7-15(26-3)11(2)9-13;1-10-8-12(4-6-14(10)16)13-5-7-15(17-3)11(2)9-13;1-10-4-6-12(8-14(10)16)13-7-5-11(2)15(9-13)17-3;1-7-5-8(2)9(3)11(6-7)10(4)12;1-7-4-8(2)6-10(5-7)9(3)11;1-7-4-5-10(9(3)11)6-8(7)2;1-7-5-4-6-9(10-3)8(7)2;1-5-4-7(10-3)9-6(2)8-5/h4-9,25H,1-3H3;2*4-9,16H,1-3H3;5-6H,1-4H3;2*4-6H,1-3H3;4-6H,1-3H3;4H,1-3H3. The number of aryl methyl sites for hydroxylation is 15. The molecule has 0 saturated carbocycles. The van der Waals surface area contributed by atoms with Gasteiger partial charge in [0.2, 0.25) is 11.3 Å². The lowest BCUT2D eigenvalue weighted by Crippen LogP contribution is -2.54. The molecule has 11 aromatic rings. The summed E-state index contributed by atoms with van der Waals surface area (Å²) < 4.78 is 109. The SMILES string of the molecule is CC(=O)c1cc(C)cc(C)c1.CC(=O)c1cc(C)cc(C)c1C.CC(=O)c1ccc(C)c(C)c1.COc1cc(-c2ccc(C)c(O)c2)ccc1C.COc1cc(C)nc(C)n1.COc1ccc(-c2ccc(O)c(C)c2)cc1C.COc1ccc(C(c2ccc(O)c(C)c2)(C(F)(F)F)C(F)(F)F)cc1C.COc1cccc(C)c1C. The number of phenolic OH excluding ortho intramolecular Hbond substituents is 3. The first-order valence-corrected chi connectivity index (χ1v) is 36.5. The Morgan fingerprint density at radius 1 is 0.316 bits per heavy atom. The van der Waals surface area contributed by atoms with Crippen LogP contribution in [0.4, 0.5) is 26.3 Å². The van der Waals surface area contributed by atoms with Crippen LogP contribution >= 0.6 is 0 Å². The molecule has 0 saturated heterocycles. The number of hydrogen-bond acceptors (Lipinski definition) is 13. The molecule has 13 nitrogen and oxygen atoms in total. The molecule has 0 aliphatic heterocycles. The molecule has 11 rings (SSSR count). The maximum absolute atomic E-state index is 14.0. The number of nitrogens with zero attached hydrogens (tertiary/aromatic N) is 2. The fourth-order valence-electron chi connectivity index (χ4n) is 11.9. The van der Waals surface area contributed by atoms with Gasteiger partial charge in [0.15, 0.2) is 17.3 Å². The van der Waals surface area contributed by atoms with E-state index in [0.29, 0.717) is 29.5 Å². The molecule has 0 bridgehead atoms. The molecule has 1 heterocycles. The number of ketones is 3. The van der Waals surface area contributed by atoms with E-state index in [4.69, 9.17) is 23.7 Å². The lowest BCUT2D eigenvalue weighted by molar-refractivity contribution is -0.288. The second kappa shape index (κ2) is 42.8. The topological polar surface area (TPSA) is 184 Å². The van der Waals surface area contributed by atoms with Crippen LogP contribution < -0.4 is 23.7 Å². The van der Waals surface area contributed by atoms with E-state index in [9.17, 15) is 56.0 Å². The molecule has 606 valence electrons. The zero-order valence-corrected chi connectivity index (χ0v) is 70.1. The highest BCUT2D eigenvalue weighted by Crippen LogP contribution is 2.57. The average Bonchev–Trinajstić information content (AvgIpc) is 0.713. The number of phenols is 3. The molecule has 0 aliphatic carbocycles. The van der Waals surface area contributed by atoms with Gasteiger partial charge in [0.25, 0.3) is 0 Å². The fraction of sp³-hybridized carbons (Fsp3) is 0.295. The third-order valence-corrected chi connectivity index (χ3v) is 18.8. The molecular weight excluding hydrogens is 1460 g/mol. The highest BCUT2D eigenvalue weighted by Gasteiger charge is 2.72. The number of methoxy groups -OCH3 is 5. The van der Waals surface area contributed by atoms with E-state index in [0.717, 1.165) is 136 Å². The van der Waals surface area contributed by atoms with Crippen molar-refractivity contribution in [1.29, 1.82) is 0 Å². The van der Waals surface area contributed by atoms with Crippen LogP contribution in [0.3, 0.4) is 0 Å². The van der Waals surface area contributed by atoms with Crippen molar-refractivity contribution >= 4 is 17.3 Å². The normalized spacial score (nSPS) is 10.6. The van der Waals surface area contributed by atoms with Gasteiger partial charge in [-0.05, 0) is 317 Å². The number of hydrogen-bond donors (Lipinski definition) is 3. The van der Waals surface area contributed by atoms with Crippen molar-refractivity contribution in [1.82, 2.24) is 9.97 Å². The van der Waals surface area contributed by atoms with Crippen LogP contribution in [0.1, 0.15) is 158 Å². The van der Waals surface area contributed by atoms with Crippen LogP contribution in [-0.4, -0.2) is 90.5 Å². The van der Waals surface area contributed by atoms with Crippen molar-refractivity contribution in [3.8, 4) is 68.4 Å². The number of benzene rings is 10. The van der Waals surface area contributed by atoms with E-state index in [2.05, 4.69) is 48.1 Å². The number of alkyl halides is 6. The lowest BCUT2D eigenvalue weighted by atomic mass is 9.72. The molecule has 0 spiro atoms. The first-order valence-electron chi connectivity index (χ1n) is 36.5. The van der Waals surface area contributed by atoms with Gasteiger partial charge in [0.1, 0.15) is 46.1 Å². The fourth-order valence-corrected chi connectivity index (χ4v) is 11.9. The number of Topliss-reactive ketones (excluding diaryl/α,β-unsaturated/α-hetero) is 3. The minimum absolute atomic E-state index is 0.0920. The predicted octanol–water partition coefficient (Wildman–Crippen LogP) is 24.0. The van der Waals surface area contributed by atoms with E-state index in [1.54, 1.807) is 67.4 Å². The van der Waals surface area contributed by atoms with Gasteiger partial charge in [0.05, 0.1) is 35.5 Å². The number of carbonyl (C=O) groups is 3. The molecule has 10 aromatic carbocycles. The van der Waals surface area contributed by atoms with Gasteiger partial charge >= 0.3 is 12.4 Å². The maximum Gasteiger partial charge on any atom is 0.411 e. The van der Waals surface area contributed by atoms with Crippen molar-refractivity contribution in [2.24, 2.45) is 0 Å². The average molecular weight is 1570 g/mol. The third-order valence-electron chi connectivity index (χ3n) is 18.8. The summed E-state index contributed by atoms with van der Waals surface area (Å²) in [5.74, 6) is 4.96.